The van der Waals surface area contributed by atoms with Crippen LogP contribution < -0.4 is 10.6 Å². The van der Waals surface area contributed by atoms with Crippen LogP contribution in [0, 0.1) is 17.8 Å². The molecule has 3 aliphatic rings. The molecule has 3 N–H and O–H groups in total. The van der Waals surface area contributed by atoms with Crippen molar-refractivity contribution in [3.8, 4) is 0 Å². The van der Waals surface area contributed by atoms with Crippen LogP contribution in [-0.2, 0) is 14.4 Å². The summed E-state index contributed by atoms with van der Waals surface area (Å²) in [5, 5.41) is 16.2. The third kappa shape index (κ3) is 4.03. The molecule has 3 amide bonds. The number of hydrogen-bond donors (Lipinski definition) is 3. The molecular formula is C22H36BrN3O4S. The van der Waals surface area contributed by atoms with E-state index >= 15 is 0 Å². The Labute approximate surface area is 198 Å². The molecule has 0 aliphatic carbocycles. The number of fused-ring (bicyclic) bond motifs is 1. The highest BCUT2D eigenvalue weighted by Crippen LogP contribution is 2.68. The van der Waals surface area contributed by atoms with Gasteiger partial charge in [0.1, 0.15) is 6.04 Å². The van der Waals surface area contributed by atoms with E-state index in [0.717, 1.165) is 12.8 Å². The van der Waals surface area contributed by atoms with Crippen LogP contribution in [0.2, 0.25) is 0 Å². The van der Waals surface area contributed by atoms with Crippen LogP contribution in [0.4, 0.5) is 0 Å². The van der Waals surface area contributed by atoms with Crippen LogP contribution >= 0.6 is 27.7 Å². The van der Waals surface area contributed by atoms with Gasteiger partial charge in [-0.15, -0.1) is 11.8 Å². The van der Waals surface area contributed by atoms with Crippen molar-refractivity contribution in [2.75, 3.05) is 13.2 Å². The molecule has 176 valence electrons. The first kappa shape index (κ1) is 24.8. The molecule has 3 fully saturated rings. The Hall–Kier alpha value is -0.800. The monoisotopic (exact) mass is 517 g/mol. The molecule has 0 aromatic heterocycles. The summed E-state index contributed by atoms with van der Waals surface area (Å²) in [6.07, 6.45) is 2.26. The second kappa shape index (κ2) is 9.59. The summed E-state index contributed by atoms with van der Waals surface area (Å²) in [6, 6.07) is -1.21. The average Bonchev–Trinajstić information content (AvgIpc) is 3.30. The minimum Gasteiger partial charge on any atom is -0.394 e. The van der Waals surface area contributed by atoms with Crippen molar-refractivity contribution in [3.63, 3.8) is 0 Å². The normalized spacial score (nSPS) is 35.9. The van der Waals surface area contributed by atoms with Crippen LogP contribution in [-0.4, -0.2) is 73.8 Å². The van der Waals surface area contributed by atoms with E-state index in [2.05, 4.69) is 26.6 Å². The molecule has 3 heterocycles. The molecule has 8 atom stereocenters. The second-order valence-electron chi connectivity index (χ2n) is 9.50. The summed E-state index contributed by atoms with van der Waals surface area (Å²) in [4.78, 5) is 42.3. The molecule has 0 radical (unpaired) electrons. The average molecular weight is 519 g/mol. The fourth-order valence-corrected chi connectivity index (χ4v) is 9.17. The zero-order valence-electron chi connectivity index (χ0n) is 19.1. The Morgan fingerprint density at radius 2 is 1.97 bits per heavy atom. The molecule has 3 unspecified atom stereocenters. The minimum atomic E-state index is -0.697. The van der Waals surface area contributed by atoms with Gasteiger partial charge in [-0.1, -0.05) is 43.1 Å². The Morgan fingerprint density at radius 1 is 1.29 bits per heavy atom. The molecule has 9 heteroatoms. The molecular weight excluding hydrogens is 482 g/mol. The van der Waals surface area contributed by atoms with Crippen molar-refractivity contribution in [2.24, 2.45) is 17.8 Å². The number of halogens is 1. The molecule has 2 bridgehead atoms. The van der Waals surface area contributed by atoms with Gasteiger partial charge in [-0.25, -0.2) is 0 Å². The van der Waals surface area contributed by atoms with E-state index in [-0.39, 0.29) is 46.4 Å². The van der Waals surface area contributed by atoms with E-state index in [0.29, 0.717) is 13.0 Å². The Bertz CT molecular complexity index is 723. The lowest BCUT2D eigenvalue weighted by atomic mass is 9.70. The number of aliphatic hydroxyl groups is 1. The Morgan fingerprint density at radius 3 is 2.52 bits per heavy atom. The number of rotatable bonds is 9. The summed E-state index contributed by atoms with van der Waals surface area (Å²) < 4.78 is -0.663. The number of carbonyl (C=O) groups excluding carboxylic acids is 3. The SMILES string of the molecule is CCCNC(=O)[C@H]1[C@@H]2SC3(CC2Br)C(C(=O)NC(C)C)N([C@@H](CO)[C@@H](C)CC)C(=O)[C@H]13. The predicted octanol–water partition coefficient (Wildman–Crippen LogP) is 1.91. The lowest BCUT2D eigenvalue weighted by molar-refractivity contribution is -0.144. The number of aliphatic hydroxyl groups excluding tert-OH is 1. The predicted molar refractivity (Wildman–Crippen MR) is 126 cm³/mol. The molecule has 1 spiro atoms. The van der Waals surface area contributed by atoms with Crippen molar-refractivity contribution in [2.45, 2.75) is 86.8 Å². The van der Waals surface area contributed by atoms with E-state index in [1.54, 1.807) is 16.7 Å². The Kier molecular flexibility index (Phi) is 7.69. The van der Waals surface area contributed by atoms with E-state index in [1.165, 1.54) is 0 Å². The zero-order valence-corrected chi connectivity index (χ0v) is 21.5. The van der Waals surface area contributed by atoms with E-state index in [4.69, 9.17) is 0 Å². The number of thioether (sulfide) groups is 1. The summed E-state index contributed by atoms with van der Waals surface area (Å²) in [7, 11) is 0. The van der Waals surface area contributed by atoms with Crippen LogP contribution in [0.25, 0.3) is 0 Å². The van der Waals surface area contributed by atoms with E-state index < -0.39 is 28.7 Å². The summed E-state index contributed by atoms with van der Waals surface area (Å²) in [5.74, 6) is -1.43. The first-order chi connectivity index (χ1) is 14.6. The smallest absolute Gasteiger partial charge is 0.244 e. The van der Waals surface area contributed by atoms with Gasteiger partial charge in [0.25, 0.3) is 0 Å². The molecule has 3 rings (SSSR count). The van der Waals surface area contributed by atoms with Gasteiger partial charge in [-0.2, -0.15) is 0 Å². The maximum absolute atomic E-state index is 13.9. The number of alkyl halides is 1. The molecule has 0 aromatic rings. The third-order valence-electron chi connectivity index (χ3n) is 7.10. The highest BCUT2D eigenvalue weighted by molar-refractivity contribution is 9.09. The van der Waals surface area contributed by atoms with Crippen LogP contribution in [0.3, 0.4) is 0 Å². The topological polar surface area (TPSA) is 98.7 Å². The number of nitrogens with one attached hydrogen (secondary N) is 2. The maximum atomic E-state index is 13.9. The van der Waals surface area contributed by atoms with Crippen molar-refractivity contribution in [1.29, 1.82) is 0 Å². The lowest BCUT2D eigenvalue weighted by Gasteiger charge is -2.39. The quantitative estimate of drug-likeness (QED) is 0.405. The van der Waals surface area contributed by atoms with Gasteiger partial charge in [0.05, 0.1) is 29.2 Å². The van der Waals surface area contributed by atoms with Gasteiger partial charge in [0.15, 0.2) is 0 Å². The largest absolute Gasteiger partial charge is 0.394 e. The molecule has 0 aromatic carbocycles. The minimum absolute atomic E-state index is 0.0351. The van der Waals surface area contributed by atoms with Crippen molar-refractivity contribution in [3.05, 3.63) is 0 Å². The molecule has 31 heavy (non-hydrogen) atoms. The van der Waals surface area contributed by atoms with Gasteiger partial charge >= 0.3 is 0 Å². The lowest BCUT2D eigenvalue weighted by Crippen LogP contribution is -2.58. The zero-order chi connectivity index (χ0) is 23.1. The molecule has 3 aliphatic heterocycles. The fraction of sp³-hybridized carbons (Fsp3) is 0.864. The molecule has 3 saturated heterocycles. The summed E-state index contributed by atoms with van der Waals surface area (Å²) >= 11 is 5.39. The van der Waals surface area contributed by atoms with Crippen molar-refractivity contribution >= 4 is 45.4 Å². The van der Waals surface area contributed by atoms with Crippen LogP contribution in [0.5, 0.6) is 0 Å². The first-order valence-electron chi connectivity index (χ1n) is 11.5. The van der Waals surface area contributed by atoms with Gasteiger partial charge in [-0.3, -0.25) is 14.4 Å². The van der Waals surface area contributed by atoms with Gasteiger partial charge < -0.3 is 20.6 Å². The van der Waals surface area contributed by atoms with Gasteiger partial charge in [-0.05, 0) is 32.6 Å². The van der Waals surface area contributed by atoms with Crippen molar-refractivity contribution in [1.82, 2.24) is 15.5 Å². The molecule has 0 saturated carbocycles. The standard InChI is InChI=1S/C22H36BrN3O4S/c1-6-8-24-19(28)15-16-21(30)26(14(10-27)12(5)7-2)18(20(29)25-11(3)4)22(16)9-13(23)17(15)31-22/h11-18,27H,6-10H2,1-5H3,(H,24,28)(H,25,29)/t12-,13?,14-,15+,16-,17+,18?,22?/m0/s1. The first-order valence-corrected chi connectivity index (χ1v) is 13.3. The number of amides is 3. The Balaban J connectivity index is 2.07. The van der Waals surface area contributed by atoms with Crippen molar-refractivity contribution < 1.29 is 19.5 Å². The highest BCUT2D eigenvalue weighted by Gasteiger charge is 2.76. The van der Waals surface area contributed by atoms with Crippen LogP contribution in [0.1, 0.15) is 53.9 Å². The number of hydrogen-bond acceptors (Lipinski definition) is 5. The summed E-state index contributed by atoms with van der Waals surface area (Å²) in [6.45, 7) is 10.2. The highest BCUT2D eigenvalue weighted by atomic mass is 79.9. The van der Waals surface area contributed by atoms with Gasteiger partial charge in [0.2, 0.25) is 17.7 Å². The van der Waals surface area contributed by atoms with E-state index in [9.17, 15) is 19.5 Å². The maximum Gasteiger partial charge on any atom is 0.244 e. The number of likely N-dealkylation sites (tertiary alicyclic amines) is 1. The molecule has 7 nitrogen and oxygen atoms in total. The number of carbonyl (C=O) groups is 3. The fourth-order valence-electron chi connectivity index (χ4n) is 5.57. The number of nitrogens with zero attached hydrogens (tertiary/aromatic N) is 1. The van der Waals surface area contributed by atoms with Gasteiger partial charge in [0, 0.05) is 22.7 Å². The van der Waals surface area contributed by atoms with E-state index in [1.807, 2.05) is 34.6 Å². The second-order valence-corrected chi connectivity index (χ2v) is 12.2. The summed E-state index contributed by atoms with van der Waals surface area (Å²) in [5.41, 5.74) is 0. The van der Waals surface area contributed by atoms with Crippen LogP contribution in [0.15, 0.2) is 0 Å². The third-order valence-corrected chi connectivity index (χ3v) is 10.3.